The van der Waals surface area contributed by atoms with Gasteiger partial charge in [-0.05, 0) is 41.2 Å². The number of fused-ring (bicyclic) bond motifs is 1. The largest absolute Gasteiger partial charge is 0.368 e. The average molecular weight is 505 g/mol. The third-order valence-corrected chi connectivity index (χ3v) is 6.83. The lowest BCUT2D eigenvalue weighted by Gasteiger charge is -2.25. The number of primary amides is 1. The maximum Gasteiger partial charge on any atom is 0.244 e. The molecule has 0 aliphatic carbocycles. The number of carbonyl (C=O) groups excluding carboxylic acids is 4. The van der Waals surface area contributed by atoms with Gasteiger partial charge in [-0.1, -0.05) is 51.8 Å². The van der Waals surface area contributed by atoms with Crippen LogP contribution in [0.25, 0.3) is 10.1 Å². The summed E-state index contributed by atoms with van der Waals surface area (Å²) in [5, 5.41) is 17.4. The number of rotatable bonds is 14. The summed E-state index contributed by atoms with van der Waals surface area (Å²) < 4.78 is 1.06. The number of hydrogen-bond donors (Lipinski definition) is 5. The first-order valence-corrected chi connectivity index (χ1v) is 12.8. The van der Waals surface area contributed by atoms with Crippen molar-refractivity contribution in [2.24, 2.45) is 17.6 Å². The van der Waals surface area contributed by atoms with Crippen LogP contribution in [0.5, 0.6) is 0 Å². The number of carbonyl (C=O) groups is 4. The van der Waals surface area contributed by atoms with Crippen LogP contribution in [0.2, 0.25) is 0 Å². The molecule has 0 aliphatic rings. The molecule has 1 heterocycles. The molecule has 2 aromatic rings. The summed E-state index contributed by atoms with van der Waals surface area (Å²) in [6, 6.07) is 5.94. The minimum atomic E-state index is -0.976. The van der Waals surface area contributed by atoms with Gasteiger partial charge in [0.2, 0.25) is 23.6 Å². The smallest absolute Gasteiger partial charge is 0.244 e. The Kier molecular flexibility index (Phi) is 11.1. The molecule has 1 aromatic carbocycles. The van der Waals surface area contributed by atoms with Crippen LogP contribution in [-0.4, -0.2) is 40.9 Å². The highest BCUT2D eigenvalue weighted by Crippen LogP contribution is 2.27. The normalized spacial score (nSPS) is 13.7. The molecule has 2 rings (SSSR count). The van der Waals surface area contributed by atoms with Gasteiger partial charge in [0.05, 0.1) is 0 Å². The number of benzene rings is 1. The molecule has 35 heavy (non-hydrogen) atoms. The molecule has 0 saturated carbocycles. The van der Waals surface area contributed by atoms with E-state index in [0.29, 0.717) is 19.3 Å². The zero-order chi connectivity index (χ0) is 26.0. The Hall–Kier alpha value is -2.98. The van der Waals surface area contributed by atoms with Crippen molar-refractivity contribution in [3.8, 4) is 0 Å². The van der Waals surface area contributed by atoms with E-state index in [0.717, 1.165) is 22.1 Å². The van der Waals surface area contributed by atoms with E-state index in [4.69, 9.17) is 10.9 Å². The summed E-state index contributed by atoms with van der Waals surface area (Å²) in [4.78, 5) is 50.2. The van der Waals surface area contributed by atoms with Gasteiger partial charge in [0, 0.05) is 23.5 Å². The van der Waals surface area contributed by atoms with Crippen LogP contribution in [-0.2, 0) is 25.6 Å². The number of unbranched alkanes of at least 4 members (excludes halogenated alkanes) is 1. The van der Waals surface area contributed by atoms with Gasteiger partial charge in [-0.25, -0.2) is 5.48 Å². The molecule has 0 spiro atoms. The Labute approximate surface area is 209 Å². The van der Waals surface area contributed by atoms with Crippen molar-refractivity contribution >= 4 is 45.1 Å². The van der Waals surface area contributed by atoms with E-state index in [9.17, 15) is 19.2 Å². The van der Waals surface area contributed by atoms with Crippen LogP contribution in [0.3, 0.4) is 0 Å². The van der Waals surface area contributed by atoms with Crippen molar-refractivity contribution in [3.05, 3.63) is 35.2 Å². The third kappa shape index (κ3) is 8.63. The van der Waals surface area contributed by atoms with E-state index in [2.05, 4.69) is 10.6 Å². The molecule has 192 valence electrons. The van der Waals surface area contributed by atoms with Gasteiger partial charge in [0.25, 0.3) is 0 Å². The summed E-state index contributed by atoms with van der Waals surface area (Å²) in [6.45, 7) is 5.81. The standard InChI is InChI=1S/C25H36N4O5S/c1-4-5-8-16(13-22(30)29-34)24(32)28-20(25(33)27-19(23(26)31)11-15(2)3)12-17-14-35-21-10-7-6-9-18(17)21/h6-7,9-10,14-16,19-20,34H,4-5,8,11-13H2,1-3H3,(H2,26,31)(H,27,33)(H,28,32)(H,29,30)/t16-,19+,20+/m1/s1. The van der Waals surface area contributed by atoms with Crippen molar-refractivity contribution < 1.29 is 24.4 Å². The molecule has 0 aliphatic heterocycles. The number of nitrogens with one attached hydrogen (secondary N) is 3. The monoisotopic (exact) mass is 504 g/mol. The second-order valence-corrected chi connectivity index (χ2v) is 10.1. The fourth-order valence-electron chi connectivity index (χ4n) is 3.95. The third-order valence-electron chi connectivity index (χ3n) is 5.82. The van der Waals surface area contributed by atoms with Gasteiger partial charge in [-0.3, -0.25) is 24.4 Å². The summed E-state index contributed by atoms with van der Waals surface area (Å²) in [5.41, 5.74) is 7.97. The number of hydrogen-bond acceptors (Lipinski definition) is 6. The summed E-state index contributed by atoms with van der Waals surface area (Å²) in [5.74, 6) is -2.87. The average Bonchev–Trinajstić information content (AvgIpc) is 3.22. The first-order valence-electron chi connectivity index (χ1n) is 11.9. The molecule has 1 aromatic heterocycles. The minimum absolute atomic E-state index is 0.122. The Morgan fingerprint density at radius 1 is 1.06 bits per heavy atom. The zero-order valence-corrected chi connectivity index (χ0v) is 21.3. The van der Waals surface area contributed by atoms with E-state index in [-0.39, 0.29) is 18.8 Å². The van der Waals surface area contributed by atoms with E-state index >= 15 is 0 Å². The van der Waals surface area contributed by atoms with Crippen LogP contribution in [0, 0.1) is 11.8 Å². The molecule has 9 nitrogen and oxygen atoms in total. The van der Waals surface area contributed by atoms with Crippen molar-refractivity contribution in [1.29, 1.82) is 0 Å². The van der Waals surface area contributed by atoms with Crippen molar-refractivity contribution in [3.63, 3.8) is 0 Å². The molecule has 0 bridgehead atoms. The molecule has 4 amide bonds. The summed E-state index contributed by atoms with van der Waals surface area (Å²) >= 11 is 1.54. The quantitative estimate of drug-likeness (QED) is 0.198. The number of nitrogens with two attached hydrogens (primary N) is 1. The van der Waals surface area contributed by atoms with Crippen molar-refractivity contribution in [2.45, 2.75) is 71.4 Å². The predicted molar refractivity (Wildman–Crippen MR) is 136 cm³/mol. The summed E-state index contributed by atoms with van der Waals surface area (Å²) in [7, 11) is 0. The van der Waals surface area contributed by atoms with Gasteiger partial charge in [0.15, 0.2) is 0 Å². The maximum absolute atomic E-state index is 13.3. The van der Waals surface area contributed by atoms with Crippen LogP contribution in [0.4, 0.5) is 0 Å². The molecule has 0 unspecified atom stereocenters. The molecular formula is C25H36N4O5S. The molecule has 0 radical (unpaired) electrons. The minimum Gasteiger partial charge on any atom is -0.368 e. The number of thiophene rings is 1. The van der Waals surface area contributed by atoms with Crippen LogP contribution >= 0.6 is 11.3 Å². The molecule has 10 heteroatoms. The Morgan fingerprint density at radius 2 is 1.74 bits per heavy atom. The van der Waals surface area contributed by atoms with Crippen LogP contribution in [0.1, 0.15) is 58.4 Å². The van der Waals surface area contributed by atoms with E-state index in [1.165, 1.54) is 0 Å². The molecule has 6 N–H and O–H groups in total. The lowest BCUT2D eigenvalue weighted by molar-refractivity contribution is -0.136. The topological polar surface area (TPSA) is 151 Å². The molecule has 0 saturated heterocycles. The Bertz CT molecular complexity index is 1020. The molecule has 3 atom stereocenters. The van der Waals surface area contributed by atoms with Gasteiger partial charge < -0.3 is 16.4 Å². The second kappa shape index (κ2) is 13.8. The SMILES string of the molecule is CCCC[C@H](CC(=O)NO)C(=O)N[C@@H](Cc1csc2ccccc12)C(=O)N[C@@H](CC(C)C)C(N)=O. The van der Waals surface area contributed by atoms with Crippen molar-refractivity contribution in [2.75, 3.05) is 0 Å². The first-order chi connectivity index (χ1) is 16.7. The van der Waals surface area contributed by atoms with Gasteiger partial charge in [0.1, 0.15) is 12.1 Å². The highest BCUT2D eigenvalue weighted by molar-refractivity contribution is 7.17. The molecular weight excluding hydrogens is 468 g/mol. The van der Waals surface area contributed by atoms with Gasteiger partial charge in [-0.15, -0.1) is 11.3 Å². The molecule has 0 fully saturated rings. The zero-order valence-electron chi connectivity index (χ0n) is 20.5. The van der Waals surface area contributed by atoms with E-state index in [1.807, 2.05) is 50.4 Å². The predicted octanol–water partition coefficient (Wildman–Crippen LogP) is 2.65. The lowest BCUT2D eigenvalue weighted by Crippen LogP contribution is -2.54. The van der Waals surface area contributed by atoms with E-state index < -0.39 is 41.6 Å². The summed E-state index contributed by atoms with van der Waals surface area (Å²) in [6.07, 6.45) is 2.35. The second-order valence-electron chi connectivity index (χ2n) is 9.19. The maximum atomic E-state index is 13.3. The van der Waals surface area contributed by atoms with Crippen molar-refractivity contribution in [1.82, 2.24) is 16.1 Å². The van der Waals surface area contributed by atoms with Crippen LogP contribution in [0.15, 0.2) is 29.6 Å². The lowest BCUT2D eigenvalue weighted by atomic mass is 9.95. The van der Waals surface area contributed by atoms with Gasteiger partial charge >= 0.3 is 0 Å². The Morgan fingerprint density at radius 3 is 2.37 bits per heavy atom. The highest BCUT2D eigenvalue weighted by Gasteiger charge is 2.30. The fraction of sp³-hybridized carbons (Fsp3) is 0.520. The highest BCUT2D eigenvalue weighted by atomic mass is 32.1. The fourth-order valence-corrected chi connectivity index (χ4v) is 4.92. The van der Waals surface area contributed by atoms with Gasteiger partial charge in [-0.2, -0.15) is 0 Å². The van der Waals surface area contributed by atoms with Crippen LogP contribution < -0.4 is 21.8 Å². The number of amides is 4. The Balaban J connectivity index is 2.30. The number of hydroxylamine groups is 1. The van der Waals surface area contributed by atoms with E-state index in [1.54, 1.807) is 16.8 Å². The first kappa shape index (κ1) is 28.3.